The molecule has 0 bridgehead atoms. The molecule has 0 unspecified atom stereocenters. The molecule has 0 rings (SSSR count). The molecule has 0 aromatic heterocycles. The third-order valence-electron chi connectivity index (χ3n) is 3.06. The zero-order chi connectivity index (χ0) is 13.1. The third-order valence-corrected chi connectivity index (χ3v) is 3.06. The smallest absolute Gasteiger partial charge is 0.0593 e. The molecule has 0 aromatic carbocycles. The van der Waals surface area contributed by atoms with Gasteiger partial charge >= 0.3 is 0 Å². The lowest BCUT2D eigenvalue weighted by Gasteiger charge is -2.30. The summed E-state index contributed by atoms with van der Waals surface area (Å²) in [6, 6.07) is 1.20. The quantitative estimate of drug-likeness (QED) is 0.568. The van der Waals surface area contributed by atoms with Crippen molar-refractivity contribution < 1.29 is 4.74 Å². The average molecular weight is 244 g/mol. The molecule has 0 atom stereocenters. The van der Waals surface area contributed by atoms with Gasteiger partial charge in [0.2, 0.25) is 0 Å². The minimum absolute atomic E-state index is 0.600. The Labute approximate surface area is 108 Å². The van der Waals surface area contributed by atoms with E-state index >= 15 is 0 Å². The Balaban J connectivity index is 3.37. The highest BCUT2D eigenvalue weighted by molar-refractivity contribution is 4.66. The predicted molar refractivity (Wildman–Crippen MR) is 75.3 cm³/mol. The second kappa shape index (κ2) is 11.0. The van der Waals surface area contributed by atoms with Gasteiger partial charge < -0.3 is 10.5 Å². The van der Waals surface area contributed by atoms with Gasteiger partial charge in [0, 0.05) is 25.2 Å². The molecule has 17 heavy (non-hydrogen) atoms. The van der Waals surface area contributed by atoms with Crippen LogP contribution in [-0.2, 0) is 4.74 Å². The SMILES string of the molecule is CC(C)N(CCOCCCCCCN)C(C)C. The monoisotopic (exact) mass is 244 g/mol. The maximum absolute atomic E-state index is 5.67. The summed E-state index contributed by atoms with van der Waals surface area (Å²) in [6.45, 7) is 12.6. The highest BCUT2D eigenvalue weighted by atomic mass is 16.5. The lowest BCUT2D eigenvalue weighted by atomic mass is 10.2. The van der Waals surface area contributed by atoms with Gasteiger partial charge in [0.15, 0.2) is 0 Å². The fourth-order valence-electron chi connectivity index (χ4n) is 2.09. The van der Waals surface area contributed by atoms with E-state index in [9.17, 15) is 0 Å². The Morgan fingerprint density at radius 3 is 2.00 bits per heavy atom. The Morgan fingerprint density at radius 1 is 0.882 bits per heavy atom. The molecule has 0 aromatic rings. The van der Waals surface area contributed by atoms with Crippen molar-refractivity contribution in [2.75, 3.05) is 26.3 Å². The number of ether oxygens (including phenoxy) is 1. The first-order valence-corrected chi connectivity index (χ1v) is 7.13. The molecule has 0 aliphatic heterocycles. The standard InChI is InChI=1S/C14H32N2O/c1-13(2)16(14(3)4)10-12-17-11-8-6-5-7-9-15/h13-14H,5-12,15H2,1-4H3. The Kier molecular flexibility index (Phi) is 10.9. The number of unbranched alkanes of at least 4 members (excludes halogenated alkanes) is 3. The van der Waals surface area contributed by atoms with Crippen LogP contribution in [0, 0.1) is 0 Å². The molecule has 0 spiro atoms. The van der Waals surface area contributed by atoms with Gasteiger partial charge in [-0.1, -0.05) is 12.8 Å². The van der Waals surface area contributed by atoms with Crippen molar-refractivity contribution in [2.45, 2.75) is 65.5 Å². The molecule has 0 aliphatic carbocycles. The van der Waals surface area contributed by atoms with Crippen molar-refractivity contribution in [3.8, 4) is 0 Å². The average Bonchev–Trinajstić information content (AvgIpc) is 2.26. The lowest BCUT2D eigenvalue weighted by Crippen LogP contribution is -2.39. The largest absolute Gasteiger partial charge is 0.380 e. The van der Waals surface area contributed by atoms with Crippen molar-refractivity contribution in [1.29, 1.82) is 0 Å². The minimum atomic E-state index is 0.600. The third kappa shape index (κ3) is 9.57. The Hall–Kier alpha value is -0.120. The van der Waals surface area contributed by atoms with Gasteiger partial charge in [-0.2, -0.15) is 0 Å². The fourth-order valence-corrected chi connectivity index (χ4v) is 2.09. The van der Waals surface area contributed by atoms with Crippen molar-refractivity contribution in [1.82, 2.24) is 4.90 Å². The summed E-state index contributed by atoms with van der Waals surface area (Å²) in [7, 11) is 0. The first-order valence-electron chi connectivity index (χ1n) is 7.13. The van der Waals surface area contributed by atoms with Crippen molar-refractivity contribution >= 4 is 0 Å². The zero-order valence-corrected chi connectivity index (χ0v) is 12.2. The summed E-state index contributed by atoms with van der Waals surface area (Å²) in [4.78, 5) is 2.47. The molecule has 0 saturated heterocycles. The number of nitrogens with two attached hydrogens (primary N) is 1. The van der Waals surface area contributed by atoms with Gasteiger partial charge in [-0.3, -0.25) is 4.90 Å². The zero-order valence-electron chi connectivity index (χ0n) is 12.2. The van der Waals surface area contributed by atoms with E-state index in [1.807, 2.05) is 0 Å². The molecular formula is C14H32N2O. The van der Waals surface area contributed by atoms with Crippen LogP contribution in [0.15, 0.2) is 0 Å². The molecule has 0 saturated carbocycles. The van der Waals surface area contributed by atoms with E-state index in [4.69, 9.17) is 10.5 Å². The van der Waals surface area contributed by atoms with Gasteiger partial charge in [-0.25, -0.2) is 0 Å². The first-order chi connectivity index (χ1) is 8.09. The van der Waals surface area contributed by atoms with Crippen LogP contribution in [0.4, 0.5) is 0 Å². The van der Waals surface area contributed by atoms with E-state index in [0.717, 1.165) is 32.7 Å². The second-order valence-corrected chi connectivity index (χ2v) is 5.24. The van der Waals surface area contributed by atoms with Crippen molar-refractivity contribution in [3.05, 3.63) is 0 Å². The van der Waals surface area contributed by atoms with Gasteiger partial charge in [0.05, 0.1) is 6.61 Å². The number of nitrogens with zero attached hydrogens (tertiary/aromatic N) is 1. The van der Waals surface area contributed by atoms with Crippen molar-refractivity contribution in [2.24, 2.45) is 5.73 Å². The van der Waals surface area contributed by atoms with E-state index in [1.54, 1.807) is 0 Å². The summed E-state index contributed by atoms with van der Waals surface area (Å²) < 4.78 is 5.67. The van der Waals surface area contributed by atoms with Crippen LogP contribution < -0.4 is 5.73 Å². The number of hydrogen-bond acceptors (Lipinski definition) is 3. The van der Waals surface area contributed by atoms with E-state index in [1.165, 1.54) is 19.3 Å². The van der Waals surface area contributed by atoms with E-state index in [0.29, 0.717) is 12.1 Å². The molecule has 2 N–H and O–H groups in total. The predicted octanol–water partition coefficient (Wildman–Crippen LogP) is 2.64. The molecule has 0 heterocycles. The van der Waals surface area contributed by atoms with Crippen LogP contribution in [-0.4, -0.2) is 43.3 Å². The fraction of sp³-hybridized carbons (Fsp3) is 1.00. The number of rotatable bonds is 11. The lowest BCUT2D eigenvalue weighted by molar-refractivity contribution is 0.0764. The maximum atomic E-state index is 5.67. The summed E-state index contributed by atoms with van der Waals surface area (Å²) in [6.07, 6.45) is 4.80. The van der Waals surface area contributed by atoms with Crippen LogP contribution in [0.3, 0.4) is 0 Å². The Morgan fingerprint density at radius 2 is 1.47 bits per heavy atom. The highest BCUT2D eigenvalue weighted by Gasteiger charge is 2.12. The second-order valence-electron chi connectivity index (χ2n) is 5.24. The van der Waals surface area contributed by atoms with Gasteiger partial charge in [-0.05, 0) is 47.1 Å². The van der Waals surface area contributed by atoms with Crippen LogP contribution in [0.25, 0.3) is 0 Å². The van der Waals surface area contributed by atoms with Crippen LogP contribution in [0.1, 0.15) is 53.4 Å². The topological polar surface area (TPSA) is 38.5 Å². The molecule has 0 amide bonds. The van der Waals surface area contributed by atoms with Gasteiger partial charge in [0.25, 0.3) is 0 Å². The summed E-state index contributed by atoms with van der Waals surface area (Å²) in [5, 5.41) is 0. The molecule has 0 fully saturated rings. The van der Waals surface area contributed by atoms with Gasteiger partial charge in [-0.15, -0.1) is 0 Å². The van der Waals surface area contributed by atoms with Crippen molar-refractivity contribution in [3.63, 3.8) is 0 Å². The molecule has 104 valence electrons. The molecule has 3 heteroatoms. The molecule has 3 nitrogen and oxygen atoms in total. The highest BCUT2D eigenvalue weighted by Crippen LogP contribution is 2.04. The van der Waals surface area contributed by atoms with Crippen LogP contribution in [0.2, 0.25) is 0 Å². The first kappa shape index (κ1) is 16.9. The summed E-state index contributed by atoms with van der Waals surface area (Å²) >= 11 is 0. The summed E-state index contributed by atoms with van der Waals surface area (Å²) in [5.74, 6) is 0. The molecule has 0 radical (unpaired) electrons. The minimum Gasteiger partial charge on any atom is -0.380 e. The van der Waals surface area contributed by atoms with Crippen LogP contribution >= 0.6 is 0 Å². The van der Waals surface area contributed by atoms with E-state index in [2.05, 4.69) is 32.6 Å². The maximum Gasteiger partial charge on any atom is 0.0593 e. The molecular weight excluding hydrogens is 212 g/mol. The van der Waals surface area contributed by atoms with Crippen LogP contribution in [0.5, 0.6) is 0 Å². The van der Waals surface area contributed by atoms with E-state index in [-0.39, 0.29) is 0 Å². The number of hydrogen-bond donors (Lipinski definition) is 1. The van der Waals surface area contributed by atoms with Gasteiger partial charge in [0.1, 0.15) is 0 Å². The Bertz CT molecular complexity index is 152. The normalized spacial score (nSPS) is 12.0. The molecule has 0 aliphatic rings. The van der Waals surface area contributed by atoms with E-state index < -0.39 is 0 Å². The summed E-state index contributed by atoms with van der Waals surface area (Å²) in [5.41, 5.74) is 5.44.